The average Bonchev–Trinajstić information content (AvgIpc) is 3.17. The number of hydroxylamine groups is 2. The van der Waals surface area contributed by atoms with Crippen molar-refractivity contribution in [3.05, 3.63) is 30.1 Å². The highest BCUT2D eigenvalue weighted by Crippen LogP contribution is 2.21. The minimum Gasteiger partial charge on any atom is -0.297 e. The number of hydrazone groups is 1. The van der Waals surface area contributed by atoms with Gasteiger partial charge in [0.25, 0.3) is 0 Å². The first-order valence-electron chi connectivity index (χ1n) is 9.25. The Bertz CT molecular complexity index is 665. The van der Waals surface area contributed by atoms with Crippen LogP contribution >= 0.6 is 0 Å². The lowest BCUT2D eigenvalue weighted by molar-refractivity contribution is -0.158. The molecule has 0 radical (unpaired) electrons. The Morgan fingerprint density at radius 2 is 2.22 bits per heavy atom. The second-order valence-corrected chi connectivity index (χ2v) is 6.62. The SMILES string of the molecule is CCCCC[C@H](CN(O)C=O)C(=O)N1N=CC[C@H]1C(=O)Cc1ccccn1. The van der Waals surface area contributed by atoms with E-state index in [1.54, 1.807) is 24.5 Å². The number of aromatic nitrogens is 1. The summed E-state index contributed by atoms with van der Waals surface area (Å²) in [6, 6.07) is 4.68. The van der Waals surface area contributed by atoms with Crippen molar-refractivity contribution in [2.45, 2.75) is 51.5 Å². The molecule has 0 unspecified atom stereocenters. The molecule has 0 aromatic carbocycles. The third kappa shape index (κ3) is 5.96. The highest BCUT2D eigenvalue weighted by atomic mass is 16.5. The summed E-state index contributed by atoms with van der Waals surface area (Å²) in [6.07, 6.45) is 7.18. The van der Waals surface area contributed by atoms with Crippen LogP contribution in [0.2, 0.25) is 0 Å². The molecule has 0 fully saturated rings. The summed E-state index contributed by atoms with van der Waals surface area (Å²) in [5.74, 6) is -1.09. The molecule has 2 heterocycles. The molecular formula is C19H26N4O4. The van der Waals surface area contributed by atoms with E-state index in [2.05, 4.69) is 17.0 Å². The van der Waals surface area contributed by atoms with E-state index in [1.807, 2.05) is 6.07 Å². The summed E-state index contributed by atoms with van der Waals surface area (Å²) >= 11 is 0. The molecule has 8 heteroatoms. The smallest absolute Gasteiger partial charge is 0.248 e. The van der Waals surface area contributed by atoms with Crippen LogP contribution in [0.1, 0.15) is 44.7 Å². The zero-order valence-corrected chi connectivity index (χ0v) is 15.5. The van der Waals surface area contributed by atoms with Crippen molar-refractivity contribution in [3.8, 4) is 0 Å². The number of hydrogen-bond acceptors (Lipinski definition) is 6. The number of carbonyl (C=O) groups is 3. The molecule has 0 saturated heterocycles. The number of rotatable bonds is 11. The fourth-order valence-electron chi connectivity index (χ4n) is 3.08. The largest absolute Gasteiger partial charge is 0.297 e. The monoisotopic (exact) mass is 374 g/mol. The number of pyridine rings is 1. The van der Waals surface area contributed by atoms with E-state index in [-0.39, 0.29) is 31.1 Å². The maximum atomic E-state index is 12.9. The molecule has 0 spiro atoms. The van der Waals surface area contributed by atoms with Gasteiger partial charge in [0.2, 0.25) is 12.3 Å². The van der Waals surface area contributed by atoms with Crippen molar-refractivity contribution >= 4 is 24.3 Å². The molecule has 1 N–H and O–H groups in total. The molecule has 2 atom stereocenters. The molecule has 146 valence electrons. The topological polar surface area (TPSA) is 103 Å². The van der Waals surface area contributed by atoms with E-state index in [0.29, 0.717) is 23.6 Å². The summed E-state index contributed by atoms with van der Waals surface area (Å²) in [7, 11) is 0. The maximum Gasteiger partial charge on any atom is 0.248 e. The molecule has 0 bridgehead atoms. The van der Waals surface area contributed by atoms with Crippen LogP contribution in [0.5, 0.6) is 0 Å². The van der Waals surface area contributed by atoms with E-state index in [0.717, 1.165) is 19.3 Å². The number of hydrogen-bond donors (Lipinski definition) is 1. The van der Waals surface area contributed by atoms with Gasteiger partial charge in [-0.05, 0) is 18.6 Å². The highest BCUT2D eigenvalue weighted by Gasteiger charge is 2.36. The first-order chi connectivity index (χ1) is 13.1. The molecule has 2 rings (SSSR count). The second kappa shape index (κ2) is 10.5. The predicted molar refractivity (Wildman–Crippen MR) is 98.9 cm³/mol. The molecule has 1 aromatic rings. The molecule has 1 aliphatic heterocycles. The first kappa shape index (κ1) is 20.7. The van der Waals surface area contributed by atoms with Gasteiger partial charge in [0.15, 0.2) is 5.78 Å². The van der Waals surface area contributed by atoms with Gasteiger partial charge >= 0.3 is 0 Å². The van der Waals surface area contributed by atoms with Gasteiger partial charge in [0, 0.05) is 24.5 Å². The van der Waals surface area contributed by atoms with Crippen LogP contribution < -0.4 is 0 Å². The fraction of sp³-hybridized carbons (Fsp3) is 0.526. The van der Waals surface area contributed by atoms with E-state index < -0.39 is 12.0 Å². The van der Waals surface area contributed by atoms with E-state index >= 15 is 0 Å². The van der Waals surface area contributed by atoms with Gasteiger partial charge in [-0.25, -0.2) is 10.1 Å². The fourth-order valence-corrected chi connectivity index (χ4v) is 3.08. The van der Waals surface area contributed by atoms with Crippen LogP contribution in [-0.2, 0) is 20.8 Å². The Morgan fingerprint density at radius 3 is 2.89 bits per heavy atom. The zero-order valence-electron chi connectivity index (χ0n) is 15.5. The Labute approximate surface area is 158 Å². The van der Waals surface area contributed by atoms with Crippen molar-refractivity contribution < 1.29 is 19.6 Å². The molecule has 2 amide bonds. The Hall–Kier alpha value is -2.61. The van der Waals surface area contributed by atoms with Gasteiger partial charge in [-0.1, -0.05) is 32.3 Å². The van der Waals surface area contributed by atoms with Gasteiger partial charge < -0.3 is 0 Å². The van der Waals surface area contributed by atoms with Crippen molar-refractivity contribution in [2.24, 2.45) is 11.0 Å². The number of Topliss-reactive ketones (excluding diaryl/α,β-unsaturated/α-hetero) is 1. The van der Waals surface area contributed by atoms with Gasteiger partial charge in [0.1, 0.15) is 6.04 Å². The van der Waals surface area contributed by atoms with Crippen LogP contribution in [0.4, 0.5) is 0 Å². The quantitative estimate of drug-likeness (QED) is 0.275. The normalized spacial score (nSPS) is 17.0. The Morgan fingerprint density at radius 1 is 1.41 bits per heavy atom. The summed E-state index contributed by atoms with van der Waals surface area (Å²) in [5, 5.41) is 15.3. The maximum absolute atomic E-state index is 12.9. The van der Waals surface area contributed by atoms with E-state index in [9.17, 15) is 19.6 Å². The van der Waals surface area contributed by atoms with Crippen molar-refractivity contribution in [1.29, 1.82) is 0 Å². The zero-order chi connectivity index (χ0) is 19.6. The van der Waals surface area contributed by atoms with Gasteiger partial charge in [0.05, 0.1) is 18.9 Å². The van der Waals surface area contributed by atoms with Crippen LogP contribution in [0, 0.1) is 5.92 Å². The molecule has 1 aromatic heterocycles. The van der Waals surface area contributed by atoms with Crippen LogP contribution in [0.3, 0.4) is 0 Å². The number of unbranched alkanes of at least 4 members (excludes halogenated alkanes) is 2. The molecule has 0 saturated carbocycles. The van der Waals surface area contributed by atoms with Crippen molar-refractivity contribution in [1.82, 2.24) is 15.1 Å². The lowest BCUT2D eigenvalue weighted by Gasteiger charge is -2.26. The number of carbonyl (C=O) groups excluding carboxylic acids is 3. The summed E-state index contributed by atoms with van der Waals surface area (Å²) < 4.78 is 0. The van der Waals surface area contributed by atoms with E-state index in [4.69, 9.17) is 0 Å². The number of nitrogens with zero attached hydrogens (tertiary/aromatic N) is 4. The standard InChI is InChI=1S/C19H26N4O4/c1-2-3-4-7-15(13-22(27)14-24)19(26)23-17(9-11-21-23)18(25)12-16-8-5-6-10-20-16/h5-6,8,10-11,14-15,17,27H,2-4,7,9,12-13H2,1H3/t15-,17+/m1/s1. The summed E-state index contributed by atoms with van der Waals surface area (Å²) in [4.78, 5) is 40.5. The van der Waals surface area contributed by atoms with Crippen LogP contribution in [-0.4, -0.2) is 57.2 Å². The van der Waals surface area contributed by atoms with Gasteiger partial charge in [-0.3, -0.25) is 24.6 Å². The molecule has 8 nitrogen and oxygen atoms in total. The van der Waals surface area contributed by atoms with E-state index in [1.165, 1.54) is 5.01 Å². The number of ketones is 1. The van der Waals surface area contributed by atoms with Crippen LogP contribution in [0.25, 0.3) is 0 Å². The van der Waals surface area contributed by atoms with Gasteiger partial charge in [-0.15, -0.1) is 0 Å². The molecule has 27 heavy (non-hydrogen) atoms. The average molecular weight is 374 g/mol. The predicted octanol–water partition coefficient (Wildman–Crippen LogP) is 1.82. The minimum absolute atomic E-state index is 0.112. The third-order valence-electron chi connectivity index (χ3n) is 4.54. The number of amides is 2. The van der Waals surface area contributed by atoms with Gasteiger partial charge in [-0.2, -0.15) is 5.10 Å². The van der Waals surface area contributed by atoms with Crippen molar-refractivity contribution in [2.75, 3.05) is 6.54 Å². The second-order valence-electron chi connectivity index (χ2n) is 6.62. The summed E-state index contributed by atoms with van der Waals surface area (Å²) in [5.41, 5.74) is 0.642. The minimum atomic E-state index is -0.670. The molecule has 0 aliphatic carbocycles. The lowest BCUT2D eigenvalue weighted by atomic mass is 9.98. The first-order valence-corrected chi connectivity index (χ1v) is 9.25. The third-order valence-corrected chi connectivity index (χ3v) is 4.54. The molecule has 1 aliphatic rings. The molecular weight excluding hydrogens is 348 g/mol. The highest BCUT2D eigenvalue weighted by molar-refractivity contribution is 5.94. The van der Waals surface area contributed by atoms with Crippen molar-refractivity contribution in [3.63, 3.8) is 0 Å². The Kier molecular flexibility index (Phi) is 8.06. The lowest BCUT2D eigenvalue weighted by Crippen LogP contribution is -2.44. The Balaban J connectivity index is 2.06. The summed E-state index contributed by atoms with van der Waals surface area (Å²) in [6.45, 7) is 1.94. The van der Waals surface area contributed by atoms with Crippen LogP contribution in [0.15, 0.2) is 29.5 Å².